The Morgan fingerprint density at radius 2 is 1.76 bits per heavy atom. The number of halogens is 3. The first kappa shape index (κ1) is 18.0. The molecule has 0 bridgehead atoms. The average Bonchev–Trinajstić information content (AvgIpc) is 2.80. The molecule has 1 amide bonds. The molecule has 25 heavy (non-hydrogen) atoms. The lowest BCUT2D eigenvalue weighted by molar-refractivity contribution is -0.117. The van der Waals surface area contributed by atoms with Crippen LogP contribution in [0.25, 0.3) is 0 Å². The van der Waals surface area contributed by atoms with Crippen molar-refractivity contribution in [2.75, 3.05) is 4.90 Å². The van der Waals surface area contributed by atoms with Crippen LogP contribution in [-0.2, 0) is 9.59 Å². The van der Waals surface area contributed by atoms with Crippen LogP contribution in [0.15, 0.2) is 27.9 Å². The van der Waals surface area contributed by atoms with E-state index in [1.54, 1.807) is 0 Å². The van der Waals surface area contributed by atoms with Crippen molar-refractivity contribution in [3.8, 4) is 0 Å². The second-order valence-electron chi connectivity index (χ2n) is 6.55. The molecule has 1 atom stereocenters. The Labute approximate surface area is 152 Å². The number of aliphatic hydroxyl groups excluding tert-OH is 1. The van der Waals surface area contributed by atoms with Gasteiger partial charge in [0.05, 0.1) is 11.6 Å². The Balaban J connectivity index is 2.14. The number of aliphatic hydroxyl groups is 1. The molecule has 1 heterocycles. The van der Waals surface area contributed by atoms with Crippen molar-refractivity contribution in [1.29, 1.82) is 0 Å². The van der Waals surface area contributed by atoms with Gasteiger partial charge in [0.1, 0.15) is 5.69 Å². The van der Waals surface area contributed by atoms with Gasteiger partial charge >= 0.3 is 0 Å². The lowest BCUT2D eigenvalue weighted by Gasteiger charge is -2.35. The van der Waals surface area contributed by atoms with Gasteiger partial charge in [0.15, 0.2) is 23.2 Å². The van der Waals surface area contributed by atoms with E-state index in [9.17, 15) is 23.5 Å². The minimum atomic E-state index is -0.930. The molecule has 2 aliphatic rings. The molecule has 1 aromatic rings. The number of carbonyl (C=O) groups is 2. The molecule has 1 N–H and O–H groups in total. The fourth-order valence-corrected chi connectivity index (χ4v) is 4.30. The first-order valence-corrected chi connectivity index (χ1v) is 9.04. The quantitative estimate of drug-likeness (QED) is 0.797. The summed E-state index contributed by atoms with van der Waals surface area (Å²) in [4.78, 5) is 25.6. The van der Waals surface area contributed by atoms with Crippen molar-refractivity contribution in [2.45, 2.75) is 45.1 Å². The van der Waals surface area contributed by atoms with Gasteiger partial charge in [-0.25, -0.2) is 8.78 Å². The van der Waals surface area contributed by atoms with Crippen LogP contribution in [0, 0.1) is 17.6 Å². The third-order valence-corrected chi connectivity index (χ3v) is 5.41. The summed E-state index contributed by atoms with van der Waals surface area (Å²) in [7, 11) is 0. The zero-order valence-electron chi connectivity index (χ0n) is 13.7. The number of carbonyl (C=O) groups excluding carboxylic acids is 2. The number of rotatable bonds is 3. The highest BCUT2D eigenvalue weighted by molar-refractivity contribution is 9.10. The normalized spacial score (nSPS) is 22.0. The number of ketones is 1. The van der Waals surface area contributed by atoms with Gasteiger partial charge in [0, 0.05) is 4.47 Å². The molecule has 7 heteroatoms. The van der Waals surface area contributed by atoms with E-state index in [0.717, 1.165) is 49.1 Å². The maximum Gasteiger partial charge on any atom is 0.294 e. The molecule has 0 unspecified atom stereocenters. The summed E-state index contributed by atoms with van der Waals surface area (Å²) < 4.78 is 29.2. The molecule has 0 spiro atoms. The average molecular weight is 414 g/mol. The highest BCUT2D eigenvalue weighted by Gasteiger charge is 2.47. The van der Waals surface area contributed by atoms with E-state index in [0.29, 0.717) is 0 Å². The molecule has 134 valence electrons. The van der Waals surface area contributed by atoms with Crippen LogP contribution in [0.4, 0.5) is 14.5 Å². The summed E-state index contributed by atoms with van der Waals surface area (Å²) in [5, 5.41) is 10.2. The molecule has 3 rings (SSSR count). The topological polar surface area (TPSA) is 57.6 Å². The zero-order chi connectivity index (χ0) is 18.3. The number of anilines is 1. The molecule has 1 aromatic carbocycles. The maximum atomic E-state index is 14.5. The number of Topliss-reactive ketones (excluding diaryl/α,β-unsaturated/α-hetero) is 1. The predicted octanol–water partition coefficient (Wildman–Crippen LogP) is 4.42. The van der Waals surface area contributed by atoms with E-state index in [-0.39, 0.29) is 16.0 Å². The largest absolute Gasteiger partial charge is 0.503 e. The molecule has 0 radical (unpaired) electrons. The Bertz CT molecular complexity index is 749. The van der Waals surface area contributed by atoms with Gasteiger partial charge in [-0.05, 0) is 37.8 Å². The van der Waals surface area contributed by atoms with Crippen molar-refractivity contribution in [1.82, 2.24) is 0 Å². The van der Waals surface area contributed by atoms with Crippen LogP contribution in [0.2, 0.25) is 0 Å². The van der Waals surface area contributed by atoms with Gasteiger partial charge in [-0.3, -0.25) is 14.5 Å². The fourth-order valence-electron chi connectivity index (χ4n) is 3.90. The maximum absolute atomic E-state index is 14.5. The van der Waals surface area contributed by atoms with Crippen LogP contribution in [-0.4, -0.2) is 22.8 Å². The van der Waals surface area contributed by atoms with Gasteiger partial charge in [0.25, 0.3) is 5.91 Å². The van der Waals surface area contributed by atoms with E-state index in [1.807, 2.05) is 0 Å². The molecule has 1 aliphatic carbocycles. The predicted molar refractivity (Wildman–Crippen MR) is 92.2 cm³/mol. The minimum Gasteiger partial charge on any atom is -0.503 e. The molecule has 1 saturated carbocycles. The van der Waals surface area contributed by atoms with E-state index < -0.39 is 40.8 Å². The van der Waals surface area contributed by atoms with Gasteiger partial charge < -0.3 is 5.11 Å². The van der Waals surface area contributed by atoms with Gasteiger partial charge in [-0.15, -0.1) is 0 Å². The van der Waals surface area contributed by atoms with Crippen LogP contribution in [0.3, 0.4) is 0 Å². The first-order valence-electron chi connectivity index (χ1n) is 8.25. The summed E-state index contributed by atoms with van der Waals surface area (Å²) in [6, 6.07) is 1.29. The molecular weight excluding hydrogens is 396 g/mol. The van der Waals surface area contributed by atoms with Gasteiger partial charge in [-0.2, -0.15) is 0 Å². The van der Waals surface area contributed by atoms with Crippen molar-refractivity contribution in [3.63, 3.8) is 0 Å². The van der Waals surface area contributed by atoms with Crippen molar-refractivity contribution < 1.29 is 23.5 Å². The second kappa shape index (κ2) is 6.86. The molecule has 0 aromatic heterocycles. The fraction of sp³-hybridized carbons (Fsp3) is 0.444. The van der Waals surface area contributed by atoms with E-state index in [1.165, 1.54) is 6.92 Å². The Hall–Kier alpha value is -1.76. The van der Waals surface area contributed by atoms with Crippen LogP contribution >= 0.6 is 15.9 Å². The second-order valence-corrected chi connectivity index (χ2v) is 7.47. The number of hydrogen-bond donors (Lipinski definition) is 1. The SMILES string of the molecule is CC(=O)C1=C(O)C(=O)N(c2c(F)cc(Br)cc2F)[C@@H]1C1CCCCC1. The third-order valence-electron chi connectivity index (χ3n) is 4.95. The van der Waals surface area contributed by atoms with Crippen LogP contribution < -0.4 is 4.90 Å². The third kappa shape index (κ3) is 3.10. The minimum absolute atomic E-state index is 0.0429. The summed E-state index contributed by atoms with van der Waals surface area (Å²) >= 11 is 3.01. The number of benzene rings is 1. The van der Waals surface area contributed by atoms with Crippen molar-refractivity contribution >= 4 is 33.3 Å². The van der Waals surface area contributed by atoms with Gasteiger partial charge in [-0.1, -0.05) is 35.2 Å². The summed E-state index contributed by atoms with van der Waals surface area (Å²) in [5.74, 6) is -4.05. The van der Waals surface area contributed by atoms with E-state index in [2.05, 4.69) is 15.9 Å². The highest BCUT2D eigenvalue weighted by Crippen LogP contribution is 2.42. The molecule has 4 nitrogen and oxygen atoms in total. The molecule has 1 aliphatic heterocycles. The van der Waals surface area contributed by atoms with Crippen LogP contribution in [0.5, 0.6) is 0 Å². The van der Waals surface area contributed by atoms with E-state index >= 15 is 0 Å². The summed E-state index contributed by atoms with van der Waals surface area (Å²) in [6.45, 7) is 1.26. The standard InChI is InChI=1S/C18H18BrF2NO3/c1-9(23)14-15(10-5-3-2-4-6-10)22(18(25)17(14)24)16-12(20)7-11(19)8-13(16)21/h7-8,10,15,24H,2-6H2,1H3/t15-/m1/s1. The molecule has 1 fully saturated rings. The summed E-state index contributed by atoms with van der Waals surface area (Å²) in [6.07, 6.45) is 4.35. The summed E-state index contributed by atoms with van der Waals surface area (Å²) in [5.41, 5.74) is -0.565. The Morgan fingerprint density at radius 1 is 1.20 bits per heavy atom. The van der Waals surface area contributed by atoms with E-state index in [4.69, 9.17) is 0 Å². The monoisotopic (exact) mass is 413 g/mol. The first-order chi connectivity index (χ1) is 11.8. The lowest BCUT2D eigenvalue weighted by atomic mass is 9.80. The number of nitrogens with zero attached hydrogens (tertiary/aromatic N) is 1. The Morgan fingerprint density at radius 3 is 2.28 bits per heavy atom. The van der Waals surface area contributed by atoms with Crippen molar-refractivity contribution in [2.24, 2.45) is 5.92 Å². The van der Waals surface area contributed by atoms with Gasteiger partial charge in [0.2, 0.25) is 0 Å². The van der Waals surface area contributed by atoms with Crippen molar-refractivity contribution in [3.05, 3.63) is 39.6 Å². The number of amides is 1. The zero-order valence-corrected chi connectivity index (χ0v) is 15.3. The molecule has 0 saturated heterocycles. The van der Waals surface area contributed by atoms with Crippen LogP contribution in [0.1, 0.15) is 39.0 Å². The Kier molecular flexibility index (Phi) is 4.95. The lowest BCUT2D eigenvalue weighted by Crippen LogP contribution is -2.43. The molecular formula is C18H18BrF2NO3. The highest BCUT2D eigenvalue weighted by atomic mass is 79.9. The number of hydrogen-bond acceptors (Lipinski definition) is 3. The smallest absolute Gasteiger partial charge is 0.294 e.